The summed E-state index contributed by atoms with van der Waals surface area (Å²) in [6.45, 7) is 4.11. The number of carbonyl (C=O) groups is 1. The molecular weight excluding hydrogens is 394 g/mol. The first-order valence-electron chi connectivity index (χ1n) is 10.2. The summed E-state index contributed by atoms with van der Waals surface area (Å²) in [5, 5.41) is 16.1. The highest BCUT2D eigenvalue weighted by molar-refractivity contribution is 7.91. The van der Waals surface area contributed by atoms with Crippen molar-refractivity contribution in [1.82, 2.24) is 0 Å². The second-order valence-electron chi connectivity index (χ2n) is 7.18. The molecule has 1 aromatic carbocycles. The minimum atomic E-state index is -1.18. The molecule has 2 rings (SSSR count). The number of carboxylic acid groups (broad SMARTS) is 1. The van der Waals surface area contributed by atoms with Gasteiger partial charge in [0.2, 0.25) is 6.79 Å². The van der Waals surface area contributed by atoms with Gasteiger partial charge < -0.3 is 30.0 Å². The number of aliphatic hydroxyl groups excluding tert-OH is 1. The molecule has 7 nitrogen and oxygen atoms in total. The van der Waals surface area contributed by atoms with Crippen LogP contribution in [0.25, 0.3) is 0 Å². The number of ether oxygens (including phenoxy) is 2. The first kappa shape index (κ1) is 25.6. The van der Waals surface area contributed by atoms with Crippen LogP contribution >= 0.6 is 0 Å². The molecule has 3 unspecified atom stereocenters. The molecule has 0 fully saturated rings. The van der Waals surface area contributed by atoms with Gasteiger partial charge in [-0.1, -0.05) is 49.8 Å². The first-order chi connectivity index (χ1) is 13.9. The number of hydrogen-bond donors (Lipinski definition) is 3. The zero-order valence-corrected chi connectivity index (χ0v) is 18.3. The van der Waals surface area contributed by atoms with E-state index in [2.05, 4.69) is 13.8 Å². The van der Waals surface area contributed by atoms with E-state index in [-0.39, 0.29) is 5.25 Å². The Hall–Kier alpha value is -1.48. The maximum Gasteiger partial charge on any atom is 0.322 e. The first-order valence-corrected chi connectivity index (χ1v) is 11.6. The standard InChI is InChI=1S/C18H28O3S.C3H7NO3/c1-3-4-5-6-7-8-11-22(19)15(2)12-16-9-10-17-18(13-16)21-14-20-17;4-2(1-5)3(6)7/h9-10,13,15H,3-8,11-12,14H2,1-2H3;2,5H,1,4H2,(H,6,7). The molecule has 0 aliphatic carbocycles. The minimum absolute atomic E-state index is 0.191. The van der Waals surface area contributed by atoms with Crippen LogP contribution < -0.4 is 15.2 Å². The van der Waals surface area contributed by atoms with E-state index < -0.39 is 29.8 Å². The zero-order chi connectivity index (χ0) is 21.6. The monoisotopic (exact) mass is 429 g/mol. The number of hydrogen-bond acceptors (Lipinski definition) is 6. The number of benzene rings is 1. The summed E-state index contributed by atoms with van der Waals surface area (Å²) >= 11 is -0.743. The smallest absolute Gasteiger partial charge is 0.322 e. The lowest BCUT2D eigenvalue weighted by Gasteiger charge is -2.18. The maximum atomic E-state index is 12.3. The van der Waals surface area contributed by atoms with Crippen LogP contribution in [0.2, 0.25) is 0 Å². The maximum absolute atomic E-state index is 12.3. The van der Waals surface area contributed by atoms with Gasteiger partial charge >= 0.3 is 5.97 Å². The van der Waals surface area contributed by atoms with E-state index in [9.17, 15) is 9.35 Å². The second-order valence-corrected chi connectivity index (χ2v) is 9.16. The van der Waals surface area contributed by atoms with Crippen molar-refractivity contribution in [3.05, 3.63) is 23.8 Å². The van der Waals surface area contributed by atoms with Crippen LogP contribution in [-0.4, -0.2) is 51.2 Å². The van der Waals surface area contributed by atoms with Crippen molar-refractivity contribution >= 4 is 17.1 Å². The summed E-state index contributed by atoms with van der Waals surface area (Å²) in [7, 11) is 0. The van der Waals surface area contributed by atoms with Crippen LogP contribution in [0.1, 0.15) is 57.9 Å². The van der Waals surface area contributed by atoms with E-state index in [1.54, 1.807) is 0 Å². The van der Waals surface area contributed by atoms with Crippen LogP contribution in [0, 0.1) is 0 Å². The van der Waals surface area contributed by atoms with Gasteiger partial charge in [-0.2, -0.15) is 0 Å². The predicted molar refractivity (Wildman–Crippen MR) is 115 cm³/mol. The van der Waals surface area contributed by atoms with Gasteiger partial charge in [0.15, 0.2) is 11.5 Å². The Kier molecular flexibility index (Phi) is 12.8. The summed E-state index contributed by atoms with van der Waals surface area (Å²) < 4.78 is 23.0. The zero-order valence-electron chi connectivity index (χ0n) is 17.5. The molecule has 0 radical (unpaired) electrons. The lowest BCUT2D eigenvalue weighted by Crippen LogP contribution is -2.33. The van der Waals surface area contributed by atoms with Gasteiger partial charge in [0.05, 0.1) is 6.61 Å². The number of aliphatic hydroxyl groups is 1. The molecule has 3 atom stereocenters. The summed E-state index contributed by atoms with van der Waals surface area (Å²) in [5.41, 5.74) is 5.94. The highest BCUT2D eigenvalue weighted by Gasteiger charge is 2.19. The highest BCUT2D eigenvalue weighted by Crippen LogP contribution is 2.33. The molecule has 8 heteroatoms. The van der Waals surface area contributed by atoms with E-state index in [4.69, 9.17) is 25.4 Å². The van der Waals surface area contributed by atoms with Crippen molar-refractivity contribution in [1.29, 1.82) is 0 Å². The topological polar surface area (TPSA) is 125 Å². The fourth-order valence-electron chi connectivity index (χ4n) is 2.80. The second kappa shape index (κ2) is 14.5. The quantitative estimate of drug-likeness (QED) is 0.344. The van der Waals surface area contributed by atoms with Gasteiger partial charge in [-0.3, -0.25) is 4.79 Å². The Balaban J connectivity index is 0.000000516. The molecule has 0 bridgehead atoms. The molecule has 1 aliphatic heterocycles. The van der Waals surface area contributed by atoms with Gasteiger partial charge in [-0.25, -0.2) is 0 Å². The fourth-order valence-corrected chi connectivity index (χ4v) is 4.07. The average Bonchev–Trinajstić information content (AvgIpc) is 3.18. The Morgan fingerprint density at radius 2 is 1.86 bits per heavy atom. The molecule has 1 heterocycles. The number of nitrogens with two attached hydrogens (primary N) is 1. The fraction of sp³-hybridized carbons (Fsp3) is 0.667. The van der Waals surface area contributed by atoms with Crippen molar-refractivity contribution in [2.24, 2.45) is 5.73 Å². The molecule has 0 spiro atoms. The largest absolute Gasteiger partial charge is 0.616 e. The molecule has 1 aromatic rings. The van der Waals surface area contributed by atoms with Crippen LogP contribution in [0.4, 0.5) is 0 Å². The SMILES string of the molecule is CCCCCCCC[S+]([O-])C(C)Cc1ccc2c(c1)OCO2.NC(CO)C(=O)O. The molecule has 0 amide bonds. The number of unbranched alkanes of at least 4 members (excludes halogenated alkanes) is 5. The van der Waals surface area contributed by atoms with Gasteiger partial charge in [-0.05, 0) is 37.5 Å². The Morgan fingerprint density at radius 1 is 1.21 bits per heavy atom. The molecule has 4 N–H and O–H groups in total. The number of rotatable bonds is 12. The summed E-state index contributed by atoms with van der Waals surface area (Å²) in [6, 6.07) is 4.88. The Morgan fingerprint density at radius 3 is 2.48 bits per heavy atom. The third-order valence-corrected chi connectivity index (χ3v) is 6.38. The lowest BCUT2D eigenvalue weighted by atomic mass is 10.1. The molecular formula is C21H35NO6S. The van der Waals surface area contributed by atoms with E-state index in [0.29, 0.717) is 6.79 Å². The van der Waals surface area contributed by atoms with Gasteiger partial charge in [-0.15, -0.1) is 0 Å². The normalized spacial score (nSPS) is 15.2. The third-order valence-electron chi connectivity index (χ3n) is 4.62. The molecule has 0 aromatic heterocycles. The number of fused-ring (bicyclic) bond motifs is 1. The van der Waals surface area contributed by atoms with Gasteiger partial charge in [0, 0.05) is 6.42 Å². The molecule has 1 aliphatic rings. The molecule has 166 valence electrons. The van der Waals surface area contributed by atoms with E-state index in [1.165, 1.54) is 37.7 Å². The van der Waals surface area contributed by atoms with E-state index >= 15 is 0 Å². The van der Waals surface area contributed by atoms with Crippen molar-refractivity contribution in [2.45, 2.75) is 70.1 Å². The minimum Gasteiger partial charge on any atom is -0.616 e. The third kappa shape index (κ3) is 10.2. The van der Waals surface area contributed by atoms with Gasteiger partial charge in [0.1, 0.15) is 17.0 Å². The number of aliphatic carboxylic acids is 1. The lowest BCUT2D eigenvalue weighted by molar-refractivity contribution is -0.139. The van der Waals surface area contributed by atoms with Crippen LogP contribution in [-0.2, 0) is 22.4 Å². The van der Waals surface area contributed by atoms with Crippen molar-refractivity contribution in [3.63, 3.8) is 0 Å². The van der Waals surface area contributed by atoms with E-state index in [1.807, 2.05) is 18.2 Å². The predicted octanol–water partition coefficient (Wildman–Crippen LogP) is 2.85. The Labute approximate surface area is 176 Å². The summed E-state index contributed by atoms with van der Waals surface area (Å²) in [5.74, 6) is 1.27. The van der Waals surface area contributed by atoms with Crippen molar-refractivity contribution in [2.75, 3.05) is 19.2 Å². The molecule has 0 saturated heterocycles. The van der Waals surface area contributed by atoms with Crippen molar-refractivity contribution < 1.29 is 29.0 Å². The van der Waals surface area contributed by atoms with Crippen LogP contribution in [0.15, 0.2) is 18.2 Å². The summed E-state index contributed by atoms with van der Waals surface area (Å²) in [6.07, 6.45) is 8.32. The Bertz CT molecular complexity index is 601. The summed E-state index contributed by atoms with van der Waals surface area (Å²) in [4.78, 5) is 9.65. The van der Waals surface area contributed by atoms with Gasteiger partial charge in [0.25, 0.3) is 0 Å². The highest BCUT2D eigenvalue weighted by atomic mass is 32.2. The average molecular weight is 430 g/mol. The molecule has 29 heavy (non-hydrogen) atoms. The van der Waals surface area contributed by atoms with E-state index in [0.717, 1.165) is 30.1 Å². The number of carboxylic acids is 1. The van der Waals surface area contributed by atoms with Crippen LogP contribution in [0.3, 0.4) is 0 Å². The van der Waals surface area contributed by atoms with Crippen molar-refractivity contribution in [3.8, 4) is 11.5 Å². The molecule has 0 saturated carbocycles. The van der Waals surface area contributed by atoms with Crippen LogP contribution in [0.5, 0.6) is 11.5 Å².